The first-order chi connectivity index (χ1) is 14.0. The molecule has 1 atom stereocenters. The molecule has 0 aromatic carbocycles. The first-order valence-electron chi connectivity index (χ1n) is 9.59. The van der Waals surface area contributed by atoms with Crippen molar-refractivity contribution in [3.63, 3.8) is 0 Å². The highest BCUT2D eigenvalue weighted by atomic mass is 127. The first-order valence-corrected chi connectivity index (χ1v) is 9.97. The zero-order valence-electron chi connectivity index (χ0n) is 17.3. The van der Waals surface area contributed by atoms with Crippen LogP contribution in [0.15, 0.2) is 33.8 Å². The van der Waals surface area contributed by atoms with Gasteiger partial charge in [-0.05, 0) is 38.5 Å². The number of aryl methyl sites for hydroxylation is 1. The minimum Gasteiger partial charge on any atom is -0.465 e. The van der Waals surface area contributed by atoms with Gasteiger partial charge in [-0.15, -0.1) is 24.0 Å². The predicted octanol–water partition coefficient (Wildman–Crippen LogP) is 3.38. The molecular weight excluding hydrogens is 521 g/mol. The van der Waals surface area contributed by atoms with E-state index < -0.39 is 5.97 Å². The number of carbonyl (C=O) groups excluding carboxylic acids is 1. The molecule has 0 aliphatic carbocycles. The molecule has 0 saturated carbocycles. The van der Waals surface area contributed by atoms with Crippen LogP contribution in [0.4, 0.5) is 5.82 Å². The van der Waals surface area contributed by atoms with Crippen molar-refractivity contribution >= 4 is 53.3 Å². The lowest BCUT2D eigenvalue weighted by molar-refractivity contribution is 0.0599. The fourth-order valence-electron chi connectivity index (χ4n) is 3.29. The molecule has 0 radical (unpaired) electrons. The number of furan rings is 1. The fourth-order valence-corrected chi connectivity index (χ4v) is 3.53. The van der Waals surface area contributed by atoms with Crippen molar-refractivity contribution in [2.75, 3.05) is 31.6 Å². The van der Waals surface area contributed by atoms with Crippen molar-refractivity contribution in [3.05, 3.63) is 46.5 Å². The summed E-state index contributed by atoms with van der Waals surface area (Å²) >= 11 is 6.27. The second-order valence-corrected chi connectivity index (χ2v) is 7.16. The number of methoxy groups -OCH3 is 1. The van der Waals surface area contributed by atoms with Gasteiger partial charge in [-0.3, -0.25) is 0 Å². The standard InChI is InChI=1S/C20H26ClN5O3.HI/c1-4-22-20(24-11-15-10-16(13(2)29-15)19(27)28-3)25-14-7-9-26(12-14)18-17(21)6-5-8-23-18;/h5-6,8,10,14H,4,7,9,11-12H2,1-3H3,(H2,22,24,25);1H. The summed E-state index contributed by atoms with van der Waals surface area (Å²) in [4.78, 5) is 22.9. The zero-order chi connectivity index (χ0) is 20.8. The molecule has 30 heavy (non-hydrogen) atoms. The highest BCUT2D eigenvalue weighted by molar-refractivity contribution is 14.0. The molecule has 8 nitrogen and oxygen atoms in total. The number of aliphatic imine (C=N–C) groups is 1. The van der Waals surface area contributed by atoms with Crippen molar-refractivity contribution in [2.45, 2.75) is 32.9 Å². The second-order valence-electron chi connectivity index (χ2n) is 6.75. The quantitative estimate of drug-likeness (QED) is 0.248. The molecule has 10 heteroatoms. The third-order valence-electron chi connectivity index (χ3n) is 4.68. The van der Waals surface area contributed by atoms with Gasteiger partial charge in [-0.25, -0.2) is 14.8 Å². The molecule has 2 aromatic rings. The van der Waals surface area contributed by atoms with Crippen molar-refractivity contribution in [2.24, 2.45) is 4.99 Å². The molecule has 1 unspecified atom stereocenters. The Kier molecular flexibility index (Phi) is 9.22. The Morgan fingerprint density at radius 3 is 3.00 bits per heavy atom. The molecule has 0 amide bonds. The van der Waals surface area contributed by atoms with Gasteiger partial charge in [0.1, 0.15) is 29.4 Å². The van der Waals surface area contributed by atoms with E-state index in [4.69, 9.17) is 20.8 Å². The highest BCUT2D eigenvalue weighted by Crippen LogP contribution is 2.25. The van der Waals surface area contributed by atoms with Gasteiger partial charge < -0.3 is 24.7 Å². The van der Waals surface area contributed by atoms with Gasteiger partial charge in [0.2, 0.25) is 0 Å². The maximum absolute atomic E-state index is 11.7. The molecule has 0 bridgehead atoms. The van der Waals surface area contributed by atoms with Crippen molar-refractivity contribution in [1.82, 2.24) is 15.6 Å². The summed E-state index contributed by atoms with van der Waals surface area (Å²) in [7, 11) is 1.35. The lowest BCUT2D eigenvalue weighted by Crippen LogP contribution is -2.44. The summed E-state index contributed by atoms with van der Waals surface area (Å²) in [5.74, 6) is 2.22. The lowest BCUT2D eigenvalue weighted by atomic mass is 10.2. The van der Waals surface area contributed by atoms with E-state index in [1.54, 1.807) is 19.2 Å². The first kappa shape index (κ1) is 24.3. The number of rotatable bonds is 6. The molecule has 3 rings (SSSR count). The summed E-state index contributed by atoms with van der Waals surface area (Å²) in [6, 6.07) is 5.57. The predicted molar refractivity (Wildman–Crippen MR) is 128 cm³/mol. The molecule has 3 heterocycles. The number of nitrogens with zero attached hydrogens (tertiary/aromatic N) is 3. The van der Waals surface area contributed by atoms with E-state index in [1.165, 1.54) is 7.11 Å². The van der Waals surface area contributed by atoms with Crippen LogP contribution in [-0.4, -0.2) is 49.7 Å². The molecule has 2 N–H and O–H groups in total. The number of anilines is 1. The van der Waals surface area contributed by atoms with Gasteiger partial charge >= 0.3 is 5.97 Å². The van der Waals surface area contributed by atoms with Crippen LogP contribution in [0.2, 0.25) is 5.02 Å². The largest absolute Gasteiger partial charge is 0.465 e. The van der Waals surface area contributed by atoms with E-state index in [1.807, 2.05) is 19.1 Å². The normalized spacial score (nSPS) is 16.2. The maximum Gasteiger partial charge on any atom is 0.341 e. The third-order valence-corrected chi connectivity index (χ3v) is 4.97. The van der Waals surface area contributed by atoms with E-state index in [0.29, 0.717) is 34.6 Å². The number of halogens is 2. The van der Waals surface area contributed by atoms with E-state index in [0.717, 1.165) is 31.9 Å². The van der Waals surface area contributed by atoms with E-state index >= 15 is 0 Å². The molecule has 1 saturated heterocycles. The zero-order valence-corrected chi connectivity index (χ0v) is 20.4. The number of carbonyl (C=O) groups is 1. The van der Waals surface area contributed by atoms with Gasteiger partial charge in [0, 0.05) is 31.9 Å². The number of nitrogens with one attached hydrogen (secondary N) is 2. The number of guanidine groups is 1. The molecule has 1 aliphatic heterocycles. The summed E-state index contributed by atoms with van der Waals surface area (Å²) in [6.07, 6.45) is 2.70. The molecule has 0 spiro atoms. The van der Waals surface area contributed by atoms with Crippen LogP contribution >= 0.6 is 35.6 Å². The molecular formula is C20H27ClIN5O3. The lowest BCUT2D eigenvalue weighted by Gasteiger charge is -2.20. The average Bonchev–Trinajstić information content (AvgIpc) is 3.32. The van der Waals surface area contributed by atoms with E-state index in [2.05, 4.69) is 25.5 Å². The van der Waals surface area contributed by atoms with E-state index in [-0.39, 0.29) is 30.0 Å². The van der Waals surface area contributed by atoms with Gasteiger partial charge in [0.05, 0.1) is 12.1 Å². The summed E-state index contributed by atoms with van der Waals surface area (Å²) in [5, 5.41) is 7.36. The van der Waals surface area contributed by atoms with Crippen LogP contribution < -0.4 is 15.5 Å². The third kappa shape index (κ3) is 6.00. The minimum atomic E-state index is -0.411. The van der Waals surface area contributed by atoms with Crippen LogP contribution in [0.5, 0.6) is 0 Å². The smallest absolute Gasteiger partial charge is 0.341 e. The number of ether oxygens (including phenoxy) is 1. The SMILES string of the molecule is CCNC(=NCc1cc(C(=O)OC)c(C)o1)NC1CCN(c2ncccc2Cl)C1.I. The van der Waals surface area contributed by atoms with Crippen LogP contribution in [-0.2, 0) is 11.3 Å². The van der Waals surface area contributed by atoms with Gasteiger partial charge in [0.15, 0.2) is 5.96 Å². The Morgan fingerprint density at radius 2 is 2.30 bits per heavy atom. The highest BCUT2D eigenvalue weighted by Gasteiger charge is 2.25. The minimum absolute atomic E-state index is 0. The second kappa shape index (κ2) is 11.4. The Hall–Kier alpha value is -2.01. The van der Waals surface area contributed by atoms with Crippen LogP contribution in [0.25, 0.3) is 0 Å². The maximum atomic E-state index is 11.7. The molecule has 164 valence electrons. The number of hydrogen-bond acceptors (Lipinski definition) is 6. The van der Waals surface area contributed by atoms with Gasteiger partial charge in [-0.1, -0.05) is 11.6 Å². The molecule has 1 aliphatic rings. The topological polar surface area (TPSA) is 92.0 Å². The monoisotopic (exact) mass is 547 g/mol. The van der Waals surface area contributed by atoms with Gasteiger partial charge in [-0.2, -0.15) is 0 Å². The van der Waals surface area contributed by atoms with Crippen molar-refractivity contribution < 1.29 is 13.9 Å². The Morgan fingerprint density at radius 1 is 1.50 bits per heavy atom. The Labute approximate surface area is 198 Å². The van der Waals surface area contributed by atoms with Gasteiger partial charge in [0.25, 0.3) is 0 Å². The fraction of sp³-hybridized carbons (Fsp3) is 0.450. The summed E-state index contributed by atoms with van der Waals surface area (Å²) in [6.45, 7) is 6.45. The molecule has 1 fully saturated rings. The van der Waals surface area contributed by atoms with E-state index in [9.17, 15) is 4.79 Å². The Bertz CT molecular complexity index is 889. The van der Waals surface area contributed by atoms with Crippen molar-refractivity contribution in [1.29, 1.82) is 0 Å². The molecule has 2 aromatic heterocycles. The summed E-state index contributed by atoms with van der Waals surface area (Å²) < 4.78 is 10.4. The average molecular weight is 548 g/mol. The Balaban J connectivity index is 0.00000320. The van der Waals surface area contributed by atoms with Crippen LogP contribution in [0.1, 0.15) is 35.2 Å². The number of aromatic nitrogens is 1. The number of esters is 1. The number of hydrogen-bond donors (Lipinski definition) is 2. The van der Waals surface area contributed by atoms with Crippen LogP contribution in [0.3, 0.4) is 0 Å². The van der Waals surface area contributed by atoms with Crippen molar-refractivity contribution in [3.8, 4) is 0 Å². The summed E-state index contributed by atoms with van der Waals surface area (Å²) in [5.41, 5.74) is 0.425. The van der Waals surface area contributed by atoms with Crippen LogP contribution in [0, 0.1) is 6.92 Å². The number of pyridine rings is 1.